The summed E-state index contributed by atoms with van der Waals surface area (Å²) in [6, 6.07) is -0.381. The van der Waals surface area contributed by atoms with Crippen LogP contribution in [0, 0.1) is 68.0 Å². The monoisotopic (exact) mass is 929 g/mol. The minimum absolute atomic E-state index is 0.0138. The van der Waals surface area contributed by atoms with E-state index in [0.29, 0.717) is 83.6 Å². The SMILES string of the molecule is C[C@]1(CO)CC[C@]2(C(=O)O)CC[C@]3(C)C(=CC[C@@H]4[C@@]5(C)[C@H](C[C@H]6[C@H]([C@H](CCCN)c7cnc[nH]7)NC(=O)[C@@H]6CCCO)[C@@H](O)[C@@H](O[C@@H]6OC[C@@H](O)[C@H](O)[C@H]6O)[C@@](C)(CO)[C@H]5CC[C@]43C)[C@@H]2C1. The van der Waals surface area contributed by atoms with E-state index in [1.165, 1.54) is 5.57 Å². The molecule has 66 heavy (non-hydrogen) atoms. The maximum atomic E-state index is 14.3. The molecule has 0 bridgehead atoms. The lowest BCUT2D eigenvalue weighted by Crippen LogP contribution is -2.72. The van der Waals surface area contributed by atoms with Crippen molar-refractivity contribution in [3.8, 4) is 0 Å². The molecule has 4 saturated carbocycles. The number of carbonyl (C=O) groups is 2. The number of hydrogen-bond acceptors (Lipinski definition) is 13. The molecule has 20 atom stereocenters. The number of hydrogen-bond donors (Lipinski definition) is 11. The Morgan fingerprint density at radius 3 is 2.36 bits per heavy atom. The first-order chi connectivity index (χ1) is 31.2. The highest BCUT2D eigenvalue weighted by molar-refractivity contribution is 5.82. The third-order valence-electron chi connectivity index (χ3n) is 20.4. The van der Waals surface area contributed by atoms with Gasteiger partial charge in [0.1, 0.15) is 18.3 Å². The van der Waals surface area contributed by atoms with Gasteiger partial charge >= 0.3 is 5.97 Å². The fourth-order valence-electron chi connectivity index (χ4n) is 16.4. The van der Waals surface area contributed by atoms with Crippen molar-refractivity contribution in [1.82, 2.24) is 15.3 Å². The summed E-state index contributed by atoms with van der Waals surface area (Å²) in [7, 11) is 0. The number of aliphatic hydroxyl groups is 7. The van der Waals surface area contributed by atoms with Crippen LogP contribution in [0.2, 0.25) is 0 Å². The molecule has 7 aliphatic rings. The van der Waals surface area contributed by atoms with Crippen LogP contribution in [0.25, 0.3) is 0 Å². The zero-order valence-electron chi connectivity index (χ0n) is 39.8. The second-order valence-electron chi connectivity index (χ2n) is 23.4. The topological polar surface area (TPSA) is 281 Å². The van der Waals surface area contributed by atoms with Crippen molar-refractivity contribution in [2.75, 3.05) is 33.0 Å². The number of carbonyl (C=O) groups excluding carboxylic acids is 1. The summed E-state index contributed by atoms with van der Waals surface area (Å²) < 4.78 is 12.5. The molecule has 5 aliphatic carbocycles. The van der Waals surface area contributed by atoms with E-state index in [4.69, 9.17) is 15.2 Å². The quantitative estimate of drug-likeness (QED) is 0.0892. The van der Waals surface area contributed by atoms with Crippen LogP contribution >= 0.6 is 0 Å². The lowest BCUT2D eigenvalue weighted by Gasteiger charge is -2.73. The van der Waals surface area contributed by atoms with Gasteiger partial charge in [-0.05, 0) is 141 Å². The number of imidazole rings is 1. The van der Waals surface area contributed by atoms with Gasteiger partial charge in [0, 0.05) is 48.4 Å². The number of nitrogens with one attached hydrogen (secondary N) is 2. The lowest BCUT2D eigenvalue weighted by atomic mass is 9.31. The molecule has 372 valence electrons. The van der Waals surface area contributed by atoms with Gasteiger partial charge in [0.15, 0.2) is 6.29 Å². The average Bonchev–Trinajstić information content (AvgIpc) is 3.94. The first kappa shape index (κ1) is 49.9. The van der Waals surface area contributed by atoms with Gasteiger partial charge in [-0.1, -0.05) is 46.3 Å². The molecule has 16 heteroatoms. The number of nitrogens with two attached hydrogens (primary N) is 1. The van der Waals surface area contributed by atoms with Crippen molar-refractivity contribution in [2.45, 2.75) is 167 Å². The molecular formula is C50H80N4O12. The molecule has 0 spiro atoms. The minimum Gasteiger partial charge on any atom is -0.481 e. The summed E-state index contributed by atoms with van der Waals surface area (Å²) in [6.07, 6.45) is 4.91. The fourth-order valence-corrected chi connectivity index (χ4v) is 16.4. The Morgan fingerprint density at radius 1 is 0.970 bits per heavy atom. The van der Waals surface area contributed by atoms with Crippen molar-refractivity contribution >= 4 is 11.9 Å². The lowest BCUT2D eigenvalue weighted by molar-refractivity contribution is -0.340. The van der Waals surface area contributed by atoms with Crippen molar-refractivity contribution in [1.29, 1.82) is 0 Å². The van der Waals surface area contributed by atoms with E-state index in [9.17, 15) is 50.4 Å². The number of fused-ring (bicyclic) bond motifs is 7. The number of aliphatic carboxylic acids is 1. The zero-order valence-corrected chi connectivity index (χ0v) is 39.8. The first-order valence-electron chi connectivity index (χ1n) is 25.0. The number of ether oxygens (including phenoxy) is 2. The highest BCUT2D eigenvalue weighted by Crippen LogP contribution is 2.77. The number of aromatic amines is 1. The molecule has 0 unspecified atom stereocenters. The summed E-state index contributed by atoms with van der Waals surface area (Å²) in [5.74, 6) is -3.05. The van der Waals surface area contributed by atoms with E-state index in [0.717, 1.165) is 12.1 Å². The van der Waals surface area contributed by atoms with Gasteiger partial charge in [-0.25, -0.2) is 4.98 Å². The number of aliphatic hydroxyl groups excluding tert-OH is 7. The van der Waals surface area contributed by atoms with Gasteiger partial charge in [-0.2, -0.15) is 0 Å². The van der Waals surface area contributed by atoms with E-state index in [1.807, 2.05) is 6.92 Å². The van der Waals surface area contributed by atoms with Crippen LogP contribution in [0.15, 0.2) is 24.2 Å². The van der Waals surface area contributed by atoms with Gasteiger partial charge < -0.3 is 66.4 Å². The van der Waals surface area contributed by atoms with Crippen LogP contribution in [-0.4, -0.2) is 139 Å². The molecule has 2 aliphatic heterocycles. The molecule has 2 saturated heterocycles. The van der Waals surface area contributed by atoms with Gasteiger partial charge in [0.2, 0.25) is 5.91 Å². The number of nitrogens with zero attached hydrogens (tertiary/aromatic N) is 1. The number of carboxylic acid groups (broad SMARTS) is 1. The number of H-pyrrole nitrogens is 1. The third kappa shape index (κ3) is 7.56. The maximum absolute atomic E-state index is 14.3. The van der Waals surface area contributed by atoms with E-state index < -0.39 is 87.1 Å². The van der Waals surface area contributed by atoms with Gasteiger partial charge in [0.05, 0.1) is 37.2 Å². The Morgan fingerprint density at radius 2 is 1.71 bits per heavy atom. The molecule has 12 N–H and O–H groups in total. The van der Waals surface area contributed by atoms with Crippen molar-refractivity contribution in [3.05, 3.63) is 29.9 Å². The Bertz CT molecular complexity index is 1940. The van der Waals surface area contributed by atoms with Crippen molar-refractivity contribution in [3.63, 3.8) is 0 Å². The third-order valence-corrected chi connectivity index (χ3v) is 20.4. The molecule has 3 heterocycles. The predicted octanol–water partition coefficient (Wildman–Crippen LogP) is 2.98. The van der Waals surface area contributed by atoms with Crippen LogP contribution in [0.3, 0.4) is 0 Å². The molecule has 0 radical (unpaired) electrons. The molecule has 0 aromatic carbocycles. The van der Waals surface area contributed by atoms with E-state index in [2.05, 4.69) is 49.1 Å². The normalized spacial score (nSPS) is 48.3. The zero-order chi connectivity index (χ0) is 47.8. The molecule has 1 aromatic heterocycles. The number of rotatable bonds is 15. The molecule has 8 rings (SSSR count). The molecule has 1 amide bonds. The minimum atomic E-state index is -1.63. The average molecular weight is 929 g/mol. The van der Waals surface area contributed by atoms with Crippen LogP contribution in [0.4, 0.5) is 0 Å². The standard InChI is InChI=1S/C50H80N4O12/c1-45(24-56)14-16-50(44(63)64)17-15-47(3)30(32(50)21-45)10-11-36-48(47,4)13-12-35-46(2,25-57)41(66-43-40(61)39(60)34(58)23-65-43)38(59)31(49(35,36)5)20-29-27(9-7-19-55)42(62)54-37(29)28(8-6-18-51)33-22-52-26-53-33/h10,22,26-29,31-32,34-41,43,55-61H,6-9,11-21,23-25,51H2,1-5H3,(H,52,53)(H,54,62)(H,63,64)/t27-,28-,29-,31-,32+,34-,35-,36+,37+,38-,39+,40-,41-,43+,45+,46+,47-,48-,49+,50+/m1/s1. The van der Waals surface area contributed by atoms with Gasteiger partial charge in [0.25, 0.3) is 0 Å². The van der Waals surface area contributed by atoms with E-state index >= 15 is 0 Å². The molecule has 16 nitrogen and oxygen atoms in total. The second kappa shape index (κ2) is 18.3. The maximum Gasteiger partial charge on any atom is 0.310 e. The van der Waals surface area contributed by atoms with Crippen LogP contribution in [0.1, 0.15) is 130 Å². The number of allylic oxidation sites excluding steroid dienone is 2. The van der Waals surface area contributed by atoms with Crippen LogP contribution in [-0.2, 0) is 19.1 Å². The number of aromatic nitrogens is 2. The predicted molar refractivity (Wildman–Crippen MR) is 242 cm³/mol. The summed E-state index contributed by atoms with van der Waals surface area (Å²) in [5, 5.41) is 92.6. The van der Waals surface area contributed by atoms with E-state index in [-0.39, 0.29) is 68.0 Å². The number of amides is 1. The summed E-state index contributed by atoms with van der Waals surface area (Å²) in [5.41, 5.74) is 4.17. The Kier molecular flexibility index (Phi) is 13.9. The summed E-state index contributed by atoms with van der Waals surface area (Å²) in [6.45, 7) is 10.6. The Labute approximate surface area is 389 Å². The van der Waals surface area contributed by atoms with Gasteiger partial charge in [-0.3, -0.25) is 9.59 Å². The van der Waals surface area contributed by atoms with Crippen molar-refractivity contribution < 1.29 is 59.9 Å². The van der Waals surface area contributed by atoms with E-state index in [1.54, 1.807) is 12.5 Å². The molecular weight excluding hydrogens is 849 g/mol. The summed E-state index contributed by atoms with van der Waals surface area (Å²) >= 11 is 0. The number of carboxylic acids is 1. The highest BCUT2D eigenvalue weighted by atomic mass is 16.7. The van der Waals surface area contributed by atoms with Gasteiger partial charge in [-0.15, -0.1) is 0 Å². The van der Waals surface area contributed by atoms with Crippen molar-refractivity contribution in [2.24, 2.45) is 73.7 Å². The Balaban J connectivity index is 1.27. The highest BCUT2D eigenvalue weighted by Gasteiger charge is 2.74. The molecule has 6 fully saturated rings. The summed E-state index contributed by atoms with van der Waals surface area (Å²) in [4.78, 5) is 35.4. The molecule has 1 aromatic rings. The fraction of sp³-hybridized carbons (Fsp3) is 0.860. The largest absolute Gasteiger partial charge is 0.481 e. The first-order valence-corrected chi connectivity index (χ1v) is 25.0. The smallest absolute Gasteiger partial charge is 0.310 e. The second-order valence-corrected chi connectivity index (χ2v) is 23.4. The van der Waals surface area contributed by atoms with Crippen LogP contribution < -0.4 is 11.1 Å². The Hall–Kier alpha value is -2.51. The van der Waals surface area contributed by atoms with Crippen LogP contribution in [0.5, 0.6) is 0 Å².